The van der Waals surface area contributed by atoms with Crippen LogP contribution < -0.4 is 0 Å². The van der Waals surface area contributed by atoms with Gasteiger partial charge in [-0.3, -0.25) is 0 Å². The van der Waals surface area contributed by atoms with E-state index in [-0.39, 0.29) is 0 Å². The van der Waals surface area contributed by atoms with Gasteiger partial charge >= 0.3 is 0 Å². The van der Waals surface area contributed by atoms with Gasteiger partial charge in [0.2, 0.25) is 0 Å². The molecular formula is C11H11ClS. The van der Waals surface area contributed by atoms with Crippen LogP contribution in [-0.4, -0.2) is 0 Å². The first-order valence-electron chi connectivity index (χ1n) is 4.39. The first kappa shape index (κ1) is 9.04. The average Bonchev–Trinajstić information content (AvgIpc) is 2.42. The van der Waals surface area contributed by atoms with Crippen molar-refractivity contribution in [2.45, 2.75) is 20.3 Å². The van der Waals surface area contributed by atoms with Crippen LogP contribution in [0.5, 0.6) is 0 Å². The molecular weight excluding hydrogens is 200 g/mol. The van der Waals surface area contributed by atoms with E-state index in [9.17, 15) is 0 Å². The number of rotatable bonds is 1. The molecule has 13 heavy (non-hydrogen) atoms. The molecule has 1 aromatic heterocycles. The van der Waals surface area contributed by atoms with Crippen molar-refractivity contribution in [2.24, 2.45) is 0 Å². The number of halogens is 1. The van der Waals surface area contributed by atoms with Crippen LogP contribution in [0.4, 0.5) is 0 Å². The minimum atomic E-state index is 0.877. The Morgan fingerprint density at radius 1 is 1.31 bits per heavy atom. The monoisotopic (exact) mass is 210 g/mol. The predicted octanol–water partition coefficient (Wildman–Crippen LogP) is 4.43. The molecule has 0 unspecified atom stereocenters. The molecule has 0 radical (unpaired) electrons. The van der Waals surface area contributed by atoms with E-state index in [1.807, 2.05) is 6.07 Å². The highest BCUT2D eigenvalue weighted by atomic mass is 35.5. The highest BCUT2D eigenvalue weighted by Crippen LogP contribution is 2.31. The standard InChI is InChI=1S/C11H11ClS/c1-3-8-5-10-9(4-7(8)2)6-11(12)13-10/h4-6H,3H2,1-2H3. The SMILES string of the molecule is CCc1cc2sc(Cl)cc2cc1C. The summed E-state index contributed by atoms with van der Waals surface area (Å²) in [5.41, 5.74) is 2.79. The molecule has 0 fully saturated rings. The van der Waals surface area contributed by atoms with Crippen molar-refractivity contribution in [1.29, 1.82) is 0 Å². The number of benzene rings is 1. The number of hydrogen-bond acceptors (Lipinski definition) is 1. The lowest BCUT2D eigenvalue weighted by Gasteiger charge is -2.01. The second-order valence-electron chi connectivity index (χ2n) is 3.22. The van der Waals surface area contributed by atoms with Gasteiger partial charge in [-0.1, -0.05) is 24.6 Å². The zero-order valence-corrected chi connectivity index (χ0v) is 9.30. The Bertz CT molecular complexity index is 443. The van der Waals surface area contributed by atoms with Crippen molar-refractivity contribution < 1.29 is 0 Å². The van der Waals surface area contributed by atoms with Gasteiger partial charge in [0.25, 0.3) is 0 Å². The number of hydrogen-bond donors (Lipinski definition) is 0. The summed E-state index contributed by atoms with van der Waals surface area (Å²) in [6.07, 6.45) is 1.09. The molecule has 0 amide bonds. The van der Waals surface area contributed by atoms with E-state index in [1.54, 1.807) is 11.3 Å². The van der Waals surface area contributed by atoms with Crippen molar-refractivity contribution >= 4 is 33.0 Å². The van der Waals surface area contributed by atoms with E-state index in [0.717, 1.165) is 10.8 Å². The van der Waals surface area contributed by atoms with Crippen LogP contribution in [-0.2, 0) is 6.42 Å². The van der Waals surface area contributed by atoms with Crippen molar-refractivity contribution in [3.63, 3.8) is 0 Å². The lowest BCUT2D eigenvalue weighted by atomic mass is 10.1. The Kier molecular flexibility index (Phi) is 2.31. The molecule has 2 rings (SSSR count). The van der Waals surface area contributed by atoms with Gasteiger partial charge in [0.1, 0.15) is 0 Å². The molecule has 1 heterocycles. The molecule has 0 aliphatic rings. The molecule has 2 aromatic rings. The van der Waals surface area contributed by atoms with E-state index in [4.69, 9.17) is 11.6 Å². The van der Waals surface area contributed by atoms with Gasteiger partial charge in [0, 0.05) is 4.70 Å². The lowest BCUT2D eigenvalue weighted by molar-refractivity contribution is 1.12. The molecule has 2 heteroatoms. The average molecular weight is 211 g/mol. The van der Waals surface area contributed by atoms with Crippen LogP contribution >= 0.6 is 22.9 Å². The van der Waals surface area contributed by atoms with Crippen LogP contribution in [0, 0.1) is 6.92 Å². The van der Waals surface area contributed by atoms with Gasteiger partial charge in [0.15, 0.2) is 0 Å². The molecule has 0 aliphatic carbocycles. The van der Waals surface area contributed by atoms with E-state index >= 15 is 0 Å². The fourth-order valence-electron chi connectivity index (χ4n) is 1.59. The molecule has 68 valence electrons. The Labute approximate surface area is 87.2 Å². The number of thiophene rings is 1. The van der Waals surface area contributed by atoms with Gasteiger partial charge in [-0.25, -0.2) is 0 Å². The van der Waals surface area contributed by atoms with Crippen molar-refractivity contribution in [3.8, 4) is 0 Å². The zero-order valence-electron chi connectivity index (χ0n) is 7.73. The molecule has 0 saturated heterocycles. The largest absolute Gasteiger partial charge is 0.123 e. The molecule has 0 nitrogen and oxygen atoms in total. The van der Waals surface area contributed by atoms with E-state index in [0.29, 0.717) is 0 Å². The van der Waals surface area contributed by atoms with E-state index in [2.05, 4.69) is 26.0 Å². The second-order valence-corrected chi connectivity index (χ2v) is 4.94. The molecule has 0 aliphatic heterocycles. The molecule has 0 spiro atoms. The van der Waals surface area contributed by atoms with Crippen LogP contribution in [0.15, 0.2) is 18.2 Å². The zero-order chi connectivity index (χ0) is 9.42. The third kappa shape index (κ3) is 1.59. The fraction of sp³-hybridized carbons (Fsp3) is 0.273. The first-order valence-corrected chi connectivity index (χ1v) is 5.58. The van der Waals surface area contributed by atoms with Gasteiger partial charge in [-0.05, 0) is 42.0 Å². The van der Waals surface area contributed by atoms with E-state index < -0.39 is 0 Å². The minimum Gasteiger partial charge on any atom is -0.123 e. The van der Waals surface area contributed by atoms with Crippen LogP contribution in [0.1, 0.15) is 18.1 Å². The quantitative estimate of drug-likeness (QED) is 0.654. The third-order valence-corrected chi connectivity index (χ3v) is 3.55. The van der Waals surface area contributed by atoms with Crippen molar-refractivity contribution in [2.75, 3.05) is 0 Å². The first-order chi connectivity index (χ1) is 6.20. The maximum Gasteiger partial charge on any atom is 0.0940 e. The van der Waals surface area contributed by atoms with E-state index in [1.165, 1.54) is 21.2 Å². The fourth-order valence-corrected chi connectivity index (χ4v) is 2.79. The highest BCUT2D eigenvalue weighted by molar-refractivity contribution is 7.22. The summed E-state index contributed by atoms with van der Waals surface area (Å²) >= 11 is 7.61. The summed E-state index contributed by atoms with van der Waals surface area (Å²) in [5.74, 6) is 0. The molecule has 0 N–H and O–H groups in total. The summed E-state index contributed by atoms with van der Waals surface area (Å²) in [6, 6.07) is 6.51. The Morgan fingerprint density at radius 3 is 2.77 bits per heavy atom. The number of aryl methyl sites for hydroxylation is 2. The summed E-state index contributed by atoms with van der Waals surface area (Å²) in [7, 11) is 0. The summed E-state index contributed by atoms with van der Waals surface area (Å²) in [4.78, 5) is 0. The Balaban J connectivity index is 2.72. The van der Waals surface area contributed by atoms with Crippen molar-refractivity contribution in [3.05, 3.63) is 33.7 Å². The van der Waals surface area contributed by atoms with Crippen molar-refractivity contribution in [1.82, 2.24) is 0 Å². The minimum absolute atomic E-state index is 0.877. The maximum atomic E-state index is 5.95. The molecule has 0 atom stereocenters. The van der Waals surface area contributed by atoms with Crippen LogP contribution in [0.25, 0.3) is 10.1 Å². The lowest BCUT2D eigenvalue weighted by Crippen LogP contribution is -1.84. The third-order valence-electron chi connectivity index (χ3n) is 2.33. The topological polar surface area (TPSA) is 0 Å². The smallest absolute Gasteiger partial charge is 0.0940 e. The van der Waals surface area contributed by atoms with Crippen LogP contribution in [0.2, 0.25) is 4.34 Å². The number of fused-ring (bicyclic) bond motifs is 1. The van der Waals surface area contributed by atoms with Gasteiger partial charge in [-0.15, -0.1) is 11.3 Å². The second kappa shape index (κ2) is 3.32. The molecule has 0 saturated carbocycles. The normalized spacial score (nSPS) is 11.0. The summed E-state index contributed by atoms with van der Waals surface area (Å²) < 4.78 is 2.18. The van der Waals surface area contributed by atoms with Gasteiger partial charge < -0.3 is 0 Å². The highest BCUT2D eigenvalue weighted by Gasteiger charge is 2.03. The predicted molar refractivity (Wildman–Crippen MR) is 61.0 cm³/mol. The molecule has 0 bridgehead atoms. The summed E-state index contributed by atoms with van der Waals surface area (Å²) in [6.45, 7) is 4.34. The van der Waals surface area contributed by atoms with Crippen LogP contribution in [0.3, 0.4) is 0 Å². The molecule has 1 aromatic carbocycles. The maximum absolute atomic E-state index is 5.95. The van der Waals surface area contributed by atoms with Gasteiger partial charge in [0.05, 0.1) is 4.34 Å². The summed E-state index contributed by atoms with van der Waals surface area (Å²) in [5, 5.41) is 1.27. The Morgan fingerprint density at radius 2 is 2.08 bits per heavy atom. The van der Waals surface area contributed by atoms with Gasteiger partial charge in [-0.2, -0.15) is 0 Å². The Hall–Kier alpha value is -0.530.